The summed E-state index contributed by atoms with van der Waals surface area (Å²) in [6, 6.07) is 0. The zero-order chi connectivity index (χ0) is 14.3. The van der Waals surface area contributed by atoms with Crippen LogP contribution in [0.3, 0.4) is 0 Å². The van der Waals surface area contributed by atoms with Gasteiger partial charge in [-0.1, -0.05) is 27.2 Å². The van der Waals surface area contributed by atoms with Crippen LogP contribution in [0.1, 0.15) is 53.4 Å². The average molecular weight is 268 g/mol. The van der Waals surface area contributed by atoms with Crippen molar-refractivity contribution in [3.8, 4) is 0 Å². The molecule has 0 aromatic heterocycles. The fourth-order valence-corrected chi connectivity index (χ4v) is 2.90. The Labute approximate surface area is 119 Å². The molecule has 1 aliphatic heterocycles. The molecule has 2 atom stereocenters. The Morgan fingerprint density at radius 3 is 2.42 bits per heavy atom. The highest BCUT2D eigenvalue weighted by molar-refractivity contribution is 5.76. The van der Waals surface area contributed by atoms with Crippen LogP contribution in [0.5, 0.6) is 0 Å². The van der Waals surface area contributed by atoms with E-state index in [0.29, 0.717) is 17.7 Å². The molecular weight excluding hydrogens is 236 g/mol. The van der Waals surface area contributed by atoms with E-state index in [-0.39, 0.29) is 0 Å². The molecule has 0 radical (unpaired) electrons. The molecule has 0 aromatic rings. The minimum atomic E-state index is 0.355. The zero-order valence-electron chi connectivity index (χ0n) is 13.2. The summed E-state index contributed by atoms with van der Waals surface area (Å²) in [5.74, 6) is 2.22. The van der Waals surface area contributed by atoms with Crippen molar-refractivity contribution in [1.82, 2.24) is 10.2 Å². The lowest BCUT2D eigenvalue weighted by Crippen LogP contribution is -2.37. The number of amides is 1. The standard InChI is InChI=1S/C16H32N2O/c1-5-13(3)12-18(6-2)16(19)11-14(4)15-7-9-17-10-8-15/h13-15,17H,5-12H2,1-4H3. The molecule has 0 saturated carbocycles. The predicted molar refractivity (Wildman–Crippen MR) is 81.1 cm³/mol. The zero-order valence-corrected chi connectivity index (χ0v) is 13.2. The lowest BCUT2D eigenvalue weighted by Gasteiger charge is -2.30. The van der Waals surface area contributed by atoms with Crippen molar-refractivity contribution in [1.29, 1.82) is 0 Å². The maximum atomic E-state index is 12.4. The summed E-state index contributed by atoms with van der Waals surface area (Å²) in [5.41, 5.74) is 0. The lowest BCUT2D eigenvalue weighted by atomic mass is 9.84. The Morgan fingerprint density at radius 1 is 1.26 bits per heavy atom. The van der Waals surface area contributed by atoms with Crippen LogP contribution >= 0.6 is 0 Å². The molecular formula is C16H32N2O. The molecule has 0 bridgehead atoms. The topological polar surface area (TPSA) is 32.3 Å². The van der Waals surface area contributed by atoms with E-state index in [9.17, 15) is 4.79 Å². The maximum absolute atomic E-state index is 12.4. The van der Waals surface area contributed by atoms with Crippen molar-refractivity contribution in [2.24, 2.45) is 17.8 Å². The van der Waals surface area contributed by atoms with Gasteiger partial charge in [-0.3, -0.25) is 4.79 Å². The van der Waals surface area contributed by atoms with Crippen LogP contribution in [-0.2, 0) is 4.79 Å². The molecule has 1 saturated heterocycles. The van der Waals surface area contributed by atoms with Gasteiger partial charge < -0.3 is 10.2 Å². The van der Waals surface area contributed by atoms with Crippen molar-refractivity contribution in [3.63, 3.8) is 0 Å². The number of nitrogens with zero attached hydrogens (tertiary/aromatic N) is 1. The predicted octanol–water partition coefficient (Wildman–Crippen LogP) is 2.91. The Hall–Kier alpha value is -0.570. The van der Waals surface area contributed by atoms with Crippen molar-refractivity contribution in [2.45, 2.75) is 53.4 Å². The second kappa shape index (κ2) is 8.57. The molecule has 0 aromatic carbocycles. The van der Waals surface area contributed by atoms with Gasteiger partial charge in [0.2, 0.25) is 5.91 Å². The second-order valence-corrected chi connectivity index (χ2v) is 6.21. The average Bonchev–Trinajstić information content (AvgIpc) is 2.45. The number of rotatable bonds is 7. The number of carbonyl (C=O) groups excluding carboxylic acids is 1. The van der Waals surface area contributed by atoms with Gasteiger partial charge in [-0.15, -0.1) is 0 Å². The molecule has 1 N–H and O–H groups in total. The first-order valence-corrected chi connectivity index (χ1v) is 8.06. The summed E-state index contributed by atoms with van der Waals surface area (Å²) in [6.07, 6.45) is 4.33. The van der Waals surface area contributed by atoms with Crippen molar-refractivity contribution >= 4 is 5.91 Å². The fraction of sp³-hybridized carbons (Fsp3) is 0.938. The van der Waals surface area contributed by atoms with E-state index >= 15 is 0 Å². The van der Waals surface area contributed by atoms with Crippen LogP contribution in [0.2, 0.25) is 0 Å². The molecule has 19 heavy (non-hydrogen) atoms. The maximum Gasteiger partial charge on any atom is 0.222 e. The Bertz CT molecular complexity index is 261. The largest absolute Gasteiger partial charge is 0.343 e. The first-order chi connectivity index (χ1) is 9.08. The molecule has 1 rings (SSSR count). The molecule has 2 unspecified atom stereocenters. The van der Waals surface area contributed by atoms with E-state index in [0.717, 1.165) is 44.9 Å². The summed E-state index contributed by atoms with van der Waals surface area (Å²) in [6.45, 7) is 12.8. The third-order valence-corrected chi connectivity index (χ3v) is 4.65. The molecule has 1 fully saturated rings. The summed E-state index contributed by atoms with van der Waals surface area (Å²) in [4.78, 5) is 14.4. The molecule has 3 nitrogen and oxygen atoms in total. The van der Waals surface area contributed by atoms with E-state index in [2.05, 4.69) is 33.0 Å². The minimum Gasteiger partial charge on any atom is -0.343 e. The van der Waals surface area contributed by atoms with E-state index in [4.69, 9.17) is 0 Å². The SMILES string of the molecule is CCC(C)CN(CC)C(=O)CC(C)C1CCNCC1. The van der Waals surface area contributed by atoms with E-state index in [1.54, 1.807) is 0 Å². The van der Waals surface area contributed by atoms with Gasteiger partial charge in [0.25, 0.3) is 0 Å². The highest BCUT2D eigenvalue weighted by atomic mass is 16.2. The summed E-state index contributed by atoms with van der Waals surface area (Å²) in [7, 11) is 0. The van der Waals surface area contributed by atoms with Crippen LogP contribution in [0.25, 0.3) is 0 Å². The van der Waals surface area contributed by atoms with Gasteiger partial charge in [-0.2, -0.15) is 0 Å². The molecule has 0 spiro atoms. The van der Waals surface area contributed by atoms with Gasteiger partial charge in [0.05, 0.1) is 0 Å². The summed E-state index contributed by atoms with van der Waals surface area (Å²) >= 11 is 0. The van der Waals surface area contributed by atoms with Crippen LogP contribution in [0.4, 0.5) is 0 Å². The molecule has 1 heterocycles. The molecule has 1 amide bonds. The first kappa shape index (κ1) is 16.5. The molecule has 1 aliphatic rings. The number of piperidine rings is 1. The fourth-order valence-electron chi connectivity index (χ4n) is 2.90. The highest BCUT2D eigenvalue weighted by Crippen LogP contribution is 2.25. The quantitative estimate of drug-likeness (QED) is 0.770. The molecule has 112 valence electrons. The van der Waals surface area contributed by atoms with Crippen molar-refractivity contribution in [3.05, 3.63) is 0 Å². The normalized spacial score (nSPS) is 20.0. The van der Waals surface area contributed by atoms with Gasteiger partial charge in [0.1, 0.15) is 0 Å². The van der Waals surface area contributed by atoms with Gasteiger partial charge in [-0.25, -0.2) is 0 Å². The van der Waals surface area contributed by atoms with E-state index < -0.39 is 0 Å². The number of hydrogen-bond donors (Lipinski definition) is 1. The van der Waals surface area contributed by atoms with Gasteiger partial charge in [0.15, 0.2) is 0 Å². The third kappa shape index (κ3) is 5.52. The van der Waals surface area contributed by atoms with Gasteiger partial charge in [-0.05, 0) is 50.6 Å². The van der Waals surface area contributed by atoms with Crippen LogP contribution in [0, 0.1) is 17.8 Å². The number of nitrogens with one attached hydrogen (secondary N) is 1. The Kier molecular flexibility index (Phi) is 7.44. The monoisotopic (exact) mass is 268 g/mol. The minimum absolute atomic E-state index is 0.355. The first-order valence-electron chi connectivity index (χ1n) is 8.06. The highest BCUT2D eigenvalue weighted by Gasteiger charge is 2.24. The van der Waals surface area contributed by atoms with Crippen LogP contribution in [0.15, 0.2) is 0 Å². The smallest absolute Gasteiger partial charge is 0.222 e. The second-order valence-electron chi connectivity index (χ2n) is 6.21. The summed E-state index contributed by atoms with van der Waals surface area (Å²) in [5, 5.41) is 3.40. The van der Waals surface area contributed by atoms with E-state index in [1.807, 2.05) is 4.90 Å². The lowest BCUT2D eigenvalue weighted by molar-refractivity contribution is -0.133. The van der Waals surface area contributed by atoms with Crippen LogP contribution in [-0.4, -0.2) is 37.0 Å². The molecule has 0 aliphatic carbocycles. The van der Waals surface area contributed by atoms with Crippen molar-refractivity contribution in [2.75, 3.05) is 26.2 Å². The van der Waals surface area contributed by atoms with Crippen LogP contribution < -0.4 is 5.32 Å². The molecule has 3 heteroatoms. The van der Waals surface area contributed by atoms with Gasteiger partial charge in [0, 0.05) is 19.5 Å². The van der Waals surface area contributed by atoms with Gasteiger partial charge >= 0.3 is 0 Å². The van der Waals surface area contributed by atoms with Crippen molar-refractivity contribution < 1.29 is 4.79 Å². The summed E-state index contributed by atoms with van der Waals surface area (Å²) < 4.78 is 0. The Balaban J connectivity index is 2.41. The Morgan fingerprint density at radius 2 is 1.89 bits per heavy atom. The third-order valence-electron chi connectivity index (χ3n) is 4.65. The number of carbonyl (C=O) groups is 1. The van der Waals surface area contributed by atoms with E-state index in [1.165, 1.54) is 12.8 Å². The number of hydrogen-bond acceptors (Lipinski definition) is 2.